The van der Waals surface area contributed by atoms with Crippen LogP contribution in [0, 0.1) is 5.92 Å². The minimum absolute atomic E-state index is 0.0756. The Morgan fingerprint density at radius 2 is 1.50 bits per heavy atom. The summed E-state index contributed by atoms with van der Waals surface area (Å²) in [5.41, 5.74) is 5.59. The normalized spacial score (nSPS) is 17.8. The molecule has 1 heterocycles. The number of esters is 2. The van der Waals surface area contributed by atoms with E-state index in [4.69, 9.17) is 9.47 Å². The van der Waals surface area contributed by atoms with E-state index in [-0.39, 0.29) is 35.6 Å². The van der Waals surface area contributed by atoms with Gasteiger partial charge in [-0.05, 0) is 98.5 Å². The molecule has 3 aliphatic rings. The molecular formula is C42H48N4O7S. The average Bonchev–Trinajstić information content (AvgIpc) is 3.97. The molecule has 3 aromatic rings. The molecule has 54 heavy (non-hydrogen) atoms. The van der Waals surface area contributed by atoms with Crippen molar-refractivity contribution < 1.29 is 33.4 Å². The molecule has 12 heteroatoms. The van der Waals surface area contributed by atoms with Crippen LogP contribution in [0.2, 0.25) is 0 Å². The summed E-state index contributed by atoms with van der Waals surface area (Å²) < 4.78 is 9.55. The summed E-state index contributed by atoms with van der Waals surface area (Å²) in [4.78, 5) is 65.3. The Balaban J connectivity index is 1.07. The molecule has 2 aliphatic carbocycles. The molecule has 0 saturated heterocycles. The second-order valence-electron chi connectivity index (χ2n) is 14.0. The molecule has 3 amide bonds. The molecule has 3 N–H and O–H groups in total. The molecule has 11 nitrogen and oxygen atoms in total. The summed E-state index contributed by atoms with van der Waals surface area (Å²) in [7, 11) is 1.37. The van der Waals surface area contributed by atoms with Crippen molar-refractivity contribution in [3.05, 3.63) is 111 Å². The SMILES string of the molecule is CCOC(=O)C(=O)NCCN(Cc1cccc(C(=O)NC2=C(C(=O)Nc3ccc(CCc4ccc(C(=O)OC)cc4)cc3)C3CCCCC3S2)c1)C1CC1. The van der Waals surface area contributed by atoms with Gasteiger partial charge >= 0.3 is 17.8 Å². The summed E-state index contributed by atoms with van der Waals surface area (Å²) in [5, 5.41) is 9.74. The van der Waals surface area contributed by atoms with Gasteiger partial charge < -0.3 is 25.4 Å². The lowest BCUT2D eigenvalue weighted by atomic mass is 9.83. The largest absolute Gasteiger partial charge is 0.465 e. The minimum atomic E-state index is -0.881. The average molecular weight is 753 g/mol. The summed E-state index contributed by atoms with van der Waals surface area (Å²) >= 11 is 1.60. The molecule has 0 bridgehead atoms. The lowest BCUT2D eigenvalue weighted by Crippen LogP contribution is -2.39. The Hall–Kier alpha value is -4.94. The first-order valence-electron chi connectivity index (χ1n) is 18.8. The molecule has 2 saturated carbocycles. The number of ether oxygens (including phenoxy) is 2. The highest BCUT2D eigenvalue weighted by Gasteiger charge is 2.41. The molecule has 2 atom stereocenters. The maximum absolute atomic E-state index is 13.9. The fourth-order valence-electron chi connectivity index (χ4n) is 7.12. The number of benzene rings is 3. The molecule has 1 aliphatic heterocycles. The number of amides is 3. The van der Waals surface area contributed by atoms with E-state index in [0.717, 1.165) is 68.1 Å². The first-order chi connectivity index (χ1) is 26.2. The summed E-state index contributed by atoms with van der Waals surface area (Å²) in [6.45, 7) is 3.27. The number of carbonyl (C=O) groups is 5. The summed E-state index contributed by atoms with van der Waals surface area (Å²) in [6, 6.07) is 23.2. The molecular weight excluding hydrogens is 705 g/mol. The summed E-state index contributed by atoms with van der Waals surface area (Å²) in [5.74, 6) is -2.35. The minimum Gasteiger partial charge on any atom is -0.465 e. The van der Waals surface area contributed by atoms with E-state index in [1.807, 2.05) is 54.6 Å². The maximum Gasteiger partial charge on any atom is 0.396 e. The van der Waals surface area contributed by atoms with Gasteiger partial charge in [-0.25, -0.2) is 9.59 Å². The predicted octanol–water partition coefficient (Wildman–Crippen LogP) is 5.79. The van der Waals surface area contributed by atoms with Gasteiger partial charge in [0, 0.05) is 48.1 Å². The third-order valence-electron chi connectivity index (χ3n) is 10.1. The quantitative estimate of drug-likeness (QED) is 0.130. The number of hydrogen-bond acceptors (Lipinski definition) is 9. The van der Waals surface area contributed by atoms with Crippen LogP contribution in [0.25, 0.3) is 0 Å². The Bertz CT molecular complexity index is 1870. The topological polar surface area (TPSA) is 143 Å². The van der Waals surface area contributed by atoms with E-state index >= 15 is 0 Å². The standard InChI is InChI=1S/C42H48N4O7S/c1-3-53-42(51)39(49)43-23-24-46(33-21-22-33)26-29-7-6-8-31(25-29)37(47)45-40-36(34-9-4-5-10-35(34)54-40)38(48)44-32-19-15-28(16-20-32)12-11-27-13-17-30(18-14-27)41(50)52-2/h6-8,13-20,25,33-35H,3-5,9-12,21-24,26H2,1-2H3,(H,43,49)(H,44,48)(H,45,47). The van der Waals surface area contributed by atoms with E-state index in [1.54, 1.807) is 36.9 Å². The predicted molar refractivity (Wildman–Crippen MR) is 208 cm³/mol. The van der Waals surface area contributed by atoms with Crippen LogP contribution in [0.1, 0.15) is 82.9 Å². The van der Waals surface area contributed by atoms with Crippen molar-refractivity contribution in [1.82, 2.24) is 15.5 Å². The molecule has 2 fully saturated rings. The van der Waals surface area contributed by atoms with Gasteiger partial charge in [-0.1, -0.05) is 49.2 Å². The van der Waals surface area contributed by atoms with Crippen LogP contribution in [-0.2, 0) is 43.2 Å². The van der Waals surface area contributed by atoms with E-state index in [1.165, 1.54) is 7.11 Å². The van der Waals surface area contributed by atoms with Gasteiger partial charge in [0.2, 0.25) is 0 Å². The number of methoxy groups -OCH3 is 1. The van der Waals surface area contributed by atoms with Crippen LogP contribution >= 0.6 is 11.8 Å². The van der Waals surface area contributed by atoms with Crippen molar-refractivity contribution in [3.63, 3.8) is 0 Å². The molecule has 0 spiro atoms. The first-order valence-corrected chi connectivity index (χ1v) is 19.7. The Kier molecular flexibility index (Phi) is 13.2. The third-order valence-corrected chi connectivity index (χ3v) is 11.6. The lowest BCUT2D eigenvalue weighted by Gasteiger charge is -2.25. The third kappa shape index (κ3) is 10.2. The second-order valence-corrected chi connectivity index (χ2v) is 15.2. The van der Waals surface area contributed by atoms with Crippen LogP contribution in [0.4, 0.5) is 5.69 Å². The number of nitrogens with zero attached hydrogens (tertiary/aromatic N) is 1. The van der Waals surface area contributed by atoms with Crippen LogP contribution in [0.3, 0.4) is 0 Å². The highest BCUT2D eigenvalue weighted by atomic mass is 32.2. The second kappa shape index (κ2) is 18.4. The van der Waals surface area contributed by atoms with Gasteiger partial charge in [-0.3, -0.25) is 19.3 Å². The highest BCUT2D eigenvalue weighted by molar-refractivity contribution is 8.04. The molecule has 0 aromatic heterocycles. The molecule has 0 radical (unpaired) electrons. The van der Waals surface area contributed by atoms with Crippen molar-refractivity contribution >= 4 is 47.1 Å². The smallest absolute Gasteiger partial charge is 0.396 e. The number of thioether (sulfide) groups is 1. The van der Waals surface area contributed by atoms with E-state index in [9.17, 15) is 24.0 Å². The Morgan fingerprint density at radius 1 is 0.796 bits per heavy atom. The van der Waals surface area contributed by atoms with Gasteiger partial charge in [-0.15, -0.1) is 11.8 Å². The zero-order valence-corrected chi connectivity index (χ0v) is 31.7. The van der Waals surface area contributed by atoms with Gasteiger partial charge in [-0.2, -0.15) is 0 Å². The van der Waals surface area contributed by atoms with E-state index in [2.05, 4.69) is 20.9 Å². The number of rotatable bonds is 15. The van der Waals surface area contributed by atoms with Gasteiger partial charge in [0.25, 0.3) is 11.8 Å². The Labute approximate surface area is 320 Å². The van der Waals surface area contributed by atoms with Gasteiger partial charge in [0.1, 0.15) is 0 Å². The first kappa shape index (κ1) is 38.8. The fourth-order valence-corrected chi connectivity index (χ4v) is 8.67. The maximum atomic E-state index is 13.9. The number of anilines is 1. The summed E-state index contributed by atoms with van der Waals surface area (Å²) in [6.07, 6.45) is 7.80. The molecule has 284 valence electrons. The van der Waals surface area contributed by atoms with Crippen molar-refractivity contribution in [1.29, 1.82) is 0 Å². The van der Waals surface area contributed by atoms with Crippen molar-refractivity contribution in [2.45, 2.75) is 76.1 Å². The van der Waals surface area contributed by atoms with Crippen molar-refractivity contribution in [2.75, 3.05) is 32.1 Å². The fraction of sp³-hybridized carbons (Fsp3) is 0.405. The van der Waals surface area contributed by atoms with Crippen LogP contribution in [0.15, 0.2) is 83.4 Å². The zero-order valence-electron chi connectivity index (χ0n) is 30.9. The zero-order chi connectivity index (χ0) is 38.0. The molecule has 2 unspecified atom stereocenters. The number of aryl methyl sites for hydroxylation is 2. The lowest BCUT2D eigenvalue weighted by molar-refractivity contribution is -0.154. The molecule has 6 rings (SSSR count). The number of hydrogen-bond donors (Lipinski definition) is 3. The van der Waals surface area contributed by atoms with Crippen molar-refractivity contribution in [3.8, 4) is 0 Å². The van der Waals surface area contributed by atoms with Crippen LogP contribution < -0.4 is 16.0 Å². The van der Waals surface area contributed by atoms with Gasteiger partial charge in [0.05, 0.1) is 29.9 Å². The van der Waals surface area contributed by atoms with E-state index < -0.39 is 11.9 Å². The van der Waals surface area contributed by atoms with E-state index in [0.29, 0.717) is 53.1 Å². The number of nitrogens with one attached hydrogen (secondary N) is 3. The molecule has 3 aromatic carbocycles. The van der Waals surface area contributed by atoms with Crippen LogP contribution in [-0.4, -0.2) is 72.7 Å². The van der Waals surface area contributed by atoms with Gasteiger partial charge in [0.15, 0.2) is 0 Å². The number of carbonyl (C=O) groups excluding carboxylic acids is 5. The number of fused-ring (bicyclic) bond motifs is 1. The highest BCUT2D eigenvalue weighted by Crippen LogP contribution is 2.48. The monoisotopic (exact) mass is 752 g/mol. The Morgan fingerprint density at radius 3 is 2.19 bits per heavy atom. The van der Waals surface area contributed by atoms with Crippen molar-refractivity contribution in [2.24, 2.45) is 5.92 Å². The van der Waals surface area contributed by atoms with Crippen LogP contribution in [0.5, 0.6) is 0 Å².